The Labute approximate surface area is 92.2 Å². The SMILES string of the molecule is COC(=O)[C@]1(C)C[C@@H]2C=C(Cl)[C@H]1C(=O)O2. The van der Waals surface area contributed by atoms with Gasteiger partial charge in [0.25, 0.3) is 0 Å². The zero-order valence-corrected chi connectivity index (χ0v) is 9.21. The van der Waals surface area contributed by atoms with Crippen molar-refractivity contribution in [1.29, 1.82) is 0 Å². The van der Waals surface area contributed by atoms with Gasteiger partial charge in [0.15, 0.2) is 0 Å². The van der Waals surface area contributed by atoms with Crippen molar-refractivity contribution in [3.63, 3.8) is 0 Å². The second-order valence-corrected chi connectivity index (χ2v) is 4.51. The molecule has 0 spiro atoms. The molecular formula is C10H11ClO4. The van der Waals surface area contributed by atoms with E-state index in [1.807, 2.05) is 0 Å². The Balaban J connectivity index is 2.42. The van der Waals surface area contributed by atoms with E-state index in [1.165, 1.54) is 7.11 Å². The summed E-state index contributed by atoms with van der Waals surface area (Å²) in [6.07, 6.45) is 1.71. The summed E-state index contributed by atoms with van der Waals surface area (Å²) in [4.78, 5) is 23.2. The van der Waals surface area contributed by atoms with Crippen LogP contribution in [0.4, 0.5) is 0 Å². The number of fused-ring (bicyclic) bond motifs is 2. The minimum Gasteiger partial charge on any atom is -0.469 e. The molecule has 3 atom stereocenters. The molecule has 0 saturated carbocycles. The smallest absolute Gasteiger partial charge is 0.316 e. The van der Waals surface area contributed by atoms with Gasteiger partial charge in [-0.3, -0.25) is 9.59 Å². The minimum atomic E-state index is -0.888. The molecule has 1 aliphatic carbocycles. The van der Waals surface area contributed by atoms with Gasteiger partial charge in [0.1, 0.15) is 12.0 Å². The van der Waals surface area contributed by atoms with Crippen molar-refractivity contribution in [3.8, 4) is 0 Å². The molecular weight excluding hydrogens is 220 g/mol. The summed E-state index contributed by atoms with van der Waals surface area (Å²) in [6, 6.07) is 0. The van der Waals surface area contributed by atoms with E-state index in [-0.39, 0.29) is 0 Å². The predicted octanol–water partition coefficient (Wildman–Crippen LogP) is 1.23. The number of esters is 2. The molecule has 4 nitrogen and oxygen atoms in total. The van der Waals surface area contributed by atoms with Crippen molar-refractivity contribution in [2.45, 2.75) is 19.4 Å². The van der Waals surface area contributed by atoms with Crippen LogP contribution in [0.1, 0.15) is 13.3 Å². The first-order valence-corrected chi connectivity index (χ1v) is 5.03. The van der Waals surface area contributed by atoms with Gasteiger partial charge in [-0.05, 0) is 13.0 Å². The van der Waals surface area contributed by atoms with Gasteiger partial charge in [0.2, 0.25) is 0 Å². The lowest BCUT2D eigenvalue weighted by atomic mass is 9.67. The zero-order chi connectivity index (χ0) is 11.2. The number of carbonyl (C=O) groups is 2. The van der Waals surface area contributed by atoms with Crippen molar-refractivity contribution < 1.29 is 19.1 Å². The molecule has 0 aromatic rings. The molecule has 0 aromatic heterocycles. The van der Waals surface area contributed by atoms with E-state index in [1.54, 1.807) is 13.0 Å². The van der Waals surface area contributed by atoms with Crippen LogP contribution in [-0.2, 0) is 19.1 Å². The topological polar surface area (TPSA) is 52.6 Å². The van der Waals surface area contributed by atoms with Crippen molar-refractivity contribution in [2.24, 2.45) is 11.3 Å². The third-order valence-electron chi connectivity index (χ3n) is 3.04. The molecule has 0 radical (unpaired) electrons. The normalized spacial score (nSPS) is 38.3. The first-order valence-electron chi connectivity index (χ1n) is 4.65. The molecule has 0 aromatic carbocycles. The van der Waals surface area contributed by atoms with E-state index < -0.39 is 29.4 Å². The molecule has 0 N–H and O–H groups in total. The van der Waals surface area contributed by atoms with E-state index in [2.05, 4.69) is 0 Å². The summed E-state index contributed by atoms with van der Waals surface area (Å²) in [5.74, 6) is -1.57. The summed E-state index contributed by atoms with van der Waals surface area (Å²) in [6.45, 7) is 1.69. The Hall–Kier alpha value is -1.03. The summed E-state index contributed by atoms with van der Waals surface area (Å²) in [7, 11) is 1.30. The van der Waals surface area contributed by atoms with Crippen LogP contribution in [0, 0.1) is 11.3 Å². The van der Waals surface area contributed by atoms with E-state index >= 15 is 0 Å². The lowest BCUT2D eigenvalue weighted by Gasteiger charge is -2.43. The standard InChI is InChI=1S/C10H11ClO4/c1-10(9(13)14-2)4-5-3-6(11)7(10)8(12)15-5/h3,5,7H,4H2,1-2H3/t5-,7-,10+/m0/s1. The fourth-order valence-corrected chi connectivity index (χ4v) is 2.74. The van der Waals surface area contributed by atoms with Crippen LogP contribution in [0.3, 0.4) is 0 Å². The molecule has 82 valence electrons. The lowest BCUT2D eigenvalue weighted by molar-refractivity contribution is -0.180. The Morgan fingerprint density at radius 2 is 2.40 bits per heavy atom. The number of carbonyl (C=O) groups excluding carboxylic acids is 2. The maximum absolute atomic E-state index is 11.7. The molecule has 3 aliphatic rings. The largest absolute Gasteiger partial charge is 0.469 e. The number of hydrogen-bond donors (Lipinski definition) is 0. The number of methoxy groups -OCH3 is 1. The van der Waals surface area contributed by atoms with Crippen LogP contribution in [0.25, 0.3) is 0 Å². The molecule has 2 aliphatic heterocycles. The number of hydrogen-bond acceptors (Lipinski definition) is 4. The average molecular weight is 231 g/mol. The van der Waals surface area contributed by atoms with Crippen LogP contribution in [0.2, 0.25) is 0 Å². The Kier molecular flexibility index (Phi) is 2.26. The van der Waals surface area contributed by atoms with Crippen molar-refractivity contribution in [1.82, 2.24) is 0 Å². The highest BCUT2D eigenvalue weighted by atomic mass is 35.5. The fraction of sp³-hybridized carbons (Fsp3) is 0.600. The van der Waals surface area contributed by atoms with Crippen LogP contribution in [0.15, 0.2) is 11.1 Å². The Bertz CT molecular complexity index is 362. The summed E-state index contributed by atoms with van der Waals surface area (Å²) >= 11 is 5.95. The maximum Gasteiger partial charge on any atom is 0.316 e. The molecule has 2 heterocycles. The monoisotopic (exact) mass is 230 g/mol. The second-order valence-electron chi connectivity index (χ2n) is 4.07. The highest BCUT2D eigenvalue weighted by Crippen LogP contribution is 2.49. The predicted molar refractivity (Wildman–Crippen MR) is 52.0 cm³/mol. The molecule has 1 saturated heterocycles. The molecule has 2 bridgehead atoms. The van der Waals surface area contributed by atoms with Crippen LogP contribution in [0.5, 0.6) is 0 Å². The van der Waals surface area contributed by atoms with Crippen LogP contribution < -0.4 is 0 Å². The zero-order valence-electron chi connectivity index (χ0n) is 8.45. The fourth-order valence-electron chi connectivity index (χ4n) is 2.27. The van der Waals surface area contributed by atoms with E-state index in [4.69, 9.17) is 21.1 Å². The Morgan fingerprint density at radius 3 is 2.87 bits per heavy atom. The molecule has 0 amide bonds. The number of rotatable bonds is 1. The first kappa shape index (κ1) is 10.5. The van der Waals surface area contributed by atoms with Crippen molar-refractivity contribution in [3.05, 3.63) is 11.1 Å². The van der Waals surface area contributed by atoms with E-state index in [0.29, 0.717) is 11.5 Å². The van der Waals surface area contributed by atoms with Gasteiger partial charge in [0.05, 0.1) is 12.5 Å². The molecule has 15 heavy (non-hydrogen) atoms. The Morgan fingerprint density at radius 1 is 1.73 bits per heavy atom. The van der Waals surface area contributed by atoms with Gasteiger partial charge in [-0.1, -0.05) is 11.6 Å². The van der Waals surface area contributed by atoms with Gasteiger partial charge in [-0.2, -0.15) is 0 Å². The summed E-state index contributed by atoms with van der Waals surface area (Å²) in [5, 5.41) is 0.385. The first-order chi connectivity index (χ1) is 6.99. The second kappa shape index (κ2) is 3.23. The highest BCUT2D eigenvalue weighted by Gasteiger charge is 2.56. The van der Waals surface area contributed by atoms with E-state index in [0.717, 1.165) is 0 Å². The number of halogens is 1. The molecule has 3 rings (SSSR count). The van der Waals surface area contributed by atoms with Gasteiger partial charge >= 0.3 is 11.9 Å². The van der Waals surface area contributed by atoms with Gasteiger partial charge in [0, 0.05) is 11.5 Å². The van der Waals surface area contributed by atoms with E-state index in [9.17, 15) is 9.59 Å². The quantitative estimate of drug-likeness (QED) is 0.636. The number of ether oxygens (including phenoxy) is 2. The van der Waals surface area contributed by atoms with Crippen molar-refractivity contribution >= 4 is 23.5 Å². The van der Waals surface area contributed by atoms with Crippen molar-refractivity contribution in [2.75, 3.05) is 7.11 Å². The summed E-state index contributed by atoms with van der Waals surface area (Å²) in [5.41, 5.74) is -0.888. The average Bonchev–Trinajstić information content (AvgIpc) is 2.14. The maximum atomic E-state index is 11.7. The molecule has 1 fully saturated rings. The van der Waals surface area contributed by atoms with Crippen LogP contribution >= 0.6 is 11.6 Å². The lowest BCUT2D eigenvalue weighted by Crippen LogP contribution is -2.52. The van der Waals surface area contributed by atoms with Gasteiger partial charge < -0.3 is 9.47 Å². The third-order valence-corrected chi connectivity index (χ3v) is 3.38. The highest BCUT2D eigenvalue weighted by molar-refractivity contribution is 6.32. The minimum absolute atomic E-state index is 0.385. The molecule has 5 heteroatoms. The third kappa shape index (κ3) is 1.35. The summed E-state index contributed by atoms with van der Waals surface area (Å²) < 4.78 is 9.75. The molecule has 0 unspecified atom stereocenters. The van der Waals surface area contributed by atoms with Gasteiger partial charge in [-0.25, -0.2) is 0 Å². The van der Waals surface area contributed by atoms with Crippen LogP contribution in [-0.4, -0.2) is 25.2 Å². The van der Waals surface area contributed by atoms with Gasteiger partial charge in [-0.15, -0.1) is 0 Å².